The summed E-state index contributed by atoms with van der Waals surface area (Å²) in [6.07, 6.45) is 25.8. The fraction of sp³-hybridized carbons (Fsp3) is 0.349. The van der Waals surface area contributed by atoms with Crippen LogP contribution < -0.4 is 9.80 Å². The molecule has 4 nitrogen and oxygen atoms in total. The Morgan fingerprint density at radius 3 is 1.12 bits per heavy atom. The second kappa shape index (κ2) is 31.0. The number of fused-ring (bicyclic) bond motifs is 4. The van der Waals surface area contributed by atoms with E-state index in [-0.39, 0.29) is 5.41 Å². The number of aryl methyl sites for hydroxylation is 6. The third-order valence-electron chi connectivity index (χ3n) is 18.6. The maximum atomic E-state index is 4.74. The molecule has 88 heavy (non-hydrogen) atoms. The smallest absolute Gasteiger partial charge is 0.112 e. The Hall–Kier alpha value is -7.60. The van der Waals surface area contributed by atoms with Gasteiger partial charge in [-0.05, 0) is 201 Å². The van der Waals surface area contributed by atoms with Crippen LogP contribution in [0.1, 0.15) is 188 Å². The SMILES string of the molecule is CCCCCCCCC1(CCCCCCCC)c2cc(C)ccc2-c2ccc(-c3ccc(C)c4nsnc34)cc21.CCCCc1ccc(N(c2ccc(C)cc2)c2ccc(-c3ccc(N(c4ccc(C)cc4)c4ccc(CCCC)cc4)cc3)cc2)cc1. The highest BCUT2D eigenvalue weighted by molar-refractivity contribution is 7.00. The van der Waals surface area contributed by atoms with Gasteiger partial charge in [0.1, 0.15) is 11.0 Å². The van der Waals surface area contributed by atoms with Crippen LogP contribution >= 0.6 is 11.7 Å². The molecule has 9 aromatic carbocycles. The number of aromatic nitrogens is 2. The van der Waals surface area contributed by atoms with Crippen LogP contribution in [0, 0.1) is 27.7 Å². The van der Waals surface area contributed by atoms with E-state index in [0.29, 0.717) is 0 Å². The second-order valence-corrected chi connectivity index (χ2v) is 25.8. The van der Waals surface area contributed by atoms with Crippen molar-refractivity contribution in [1.29, 1.82) is 0 Å². The summed E-state index contributed by atoms with van der Waals surface area (Å²) >= 11 is 1.33. The zero-order valence-electron chi connectivity index (χ0n) is 54.3. The van der Waals surface area contributed by atoms with E-state index in [9.17, 15) is 0 Å². The van der Waals surface area contributed by atoms with Gasteiger partial charge in [0, 0.05) is 45.1 Å². The molecule has 1 aliphatic carbocycles. The standard InChI is InChI=1S/C46H48N2.C37H48N2S/c1-5-7-9-37-15-27-43(28-16-37)47(41-23-11-35(3)12-24-41)45-31-19-39(20-32-45)40-21-33-46(34-22-40)48(42-25-13-36(4)14-26-42)44-29-17-38(18-30-44)10-8-6-2;1-5-7-9-11-13-15-23-37(24-16-14-12-10-8-6-2)33-25-27(3)17-20-31(33)32-22-19-29(26-34(32)37)30-21-18-28(4)35-36(30)39-40-38-35/h11-34H,5-10H2,1-4H3;17-22,25-26H,5-16,23-24H2,1-4H3. The first kappa shape index (κ1) is 63.4. The van der Waals surface area contributed by atoms with Crippen molar-refractivity contribution in [3.8, 4) is 33.4 Å². The Morgan fingerprint density at radius 2 is 0.670 bits per heavy atom. The number of rotatable bonds is 28. The van der Waals surface area contributed by atoms with E-state index >= 15 is 0 Å². The molecule has 0 radical (unpaired) electrons. The fourth-order valence-electron chi connectivity index (χ4n) is 13.4. The first-order valence-corrected chi connectivity index (χ1v) is 34.4. The van der Waals surface area contributed by atoms with Crippen LogP contribution in [0.15, 0.2) is 194 Å². The van der Waals surface area contributed by atoms with E-state index in [1.807, 2.05) is 0 Å². The van der Waals surface area contributed by atoms with Crippen LogP contribution in [0.5, 0.6) is 0 Å². The van der Waals surface area contributed by atoms with Gasteiger partial charge in [0.15, 0.2) is 0 Å². The van der Waals surface area contributed by atoms with Crippen molar-refractivity contribution in [2.45, 2.75) is 189 Å². The summed E-state index contributed by atoms with van der Waals surface area (Å²) in [4.78, 5) is 4.70. The molecule has 0 aliphatic heterocycles. The monoisotopic (exact) mass is 1180 g/mol. The van der Waals surface area contributed by atoms with Crippen LogP contribution in [0.4, 0.5) is 34.1 Å². The second-order valence-electron chi connectivity index (χ2n) is 25.3. The number of anilines is 6. The minimum atomic E-state index is 0.104. The summed E-state index contributed by atoms with van der Waals surface area (Å²) in [5, 5.41) is 0. The molecule has 0 spiro atoms. The summed E-state index contributed by atoms with van der Waals surface area (Å²) in [7, 11) is 0. The summed E-state index contributed by atoms with van der Waals surface area (Å²) in [5.74, 6) is 0. The Bertz CT molecular complexity index is 3600. The molecule has 0 bridgehead atoms. The van der Waals surface area contributed by atoms with Crippen molar-refractivity contribution >= 4 is 56.9 Å². The Labute approximate surface area is 533 Å². The molecule has 11 rings (SSSR count). The van der Waals surface area contributed by atoms with E-state index in [0.717, 1.165) is 46.6 Å². The Kier molecular flexibility index (Phi) is 22.4. The lowest BCUT2D eigenvalue weighted by Gasteiger charge is -2.33. The van der Waals surface area contributed by atoms with Crippen LogP contribution in [0.3, 0.4) is 0 Å². The van der Waals surface area contributed by atoms with Crippen molar-refractivity contribution in [2.24, 2.45) is 0 Å². The molecule has 0 saturated heterocycles. The Balaban J connectivity index is 0.000000198. The van der Waals surface area contributed by atoms with Crippen LogP contribution in [0.2, 0.25) is 0 Å². The van der Waals surface area contributed by atoms with Gasteiger partial charge in [-0.1, -0.05) is 250 Å². The summed E-state index contributed by atoms with van der Waals surface area (Å²) in [5.41, 5.74) is 28.0. The van der Waals surface area contributed by atoms with E-state index in [4.69, 9.17) is 4.37 Å². The fourth-order valence-corrected chi connectivity index (χ4v) is 14.0. The molecule has 0 amide bonds. The topological polar surface area (TPSA) is 32.3 Å². The third-order valence-corrected chi connectivity index (χ3v) is 19.1. The normalized spacial score (nSPS) is 12.2. The molecule has 1 aromatic heterocycles. The molecule has 0 unspecified atom stereocenters. The van der Waals surface area contributed by atoms with Crippen molar-refractivity contribution in [3.05, 3.63) is 239 Å². The molecule has 0 fully saturated rings. The largest absolute Gasteiger partial charge is 0.311 e. The van der Waals surface area contributed by atoms with E-state index in [1.165, 1.54) is 205 Å². The van der Waals surface area contributed by atoms with Crippen LogP contribution in [0.25, 0.3) is 44.4 Å². The van der Waals surface area contributed by atoms with Gasteiger partial charge in [0.05, 0.1) is 11.7 Å². The molecule has 1 aliphatic rings. The summed E-state index contributed by atoms with van der Waals surface area (Å²) in [6.45, 7) is 17.8. The van der Waals surface area contributed by atoms with E-state index < -0.39 is 0 Å². The maximum absolute atomic E-state index is 4.74. The van der Waals surface area contributed by atoms with Crippen molar-refractivity contribution < 1.29 is 0 Å². The number of nitrogens with zero attached hydrogens (tertiary/aromatic N) is 4. The van der Waals surface area contributed by atoms with Gasteiger partial charge >= 0.3 is 0 Å². The molecular formula is C83H96N4S. The predicted molar refractivity (Wildman–Crippen MR) is 382 cm³/mol. The minimum Gasteiger partial charge on any atom is -0.311 e. The Morgan fingerprint density at radius 1 is 0.318 bits per heavy atom. The lowest BCUT2D eigenvalue weighted by atomic mass is 9.70. The number of benzene rings is 9. The first-order chi connectivity index (χ1) is 43.1. The van der Waals surface area contributed by atoms with Crippen molar-refractivity contribution in [3.63, 3.8) is 0 Å². The van der Waals surface area contributed by atoms with Gasteiger partial charge in [-0.25, -0.2) is 0 Å². The number of hydrogen-bond donors (Lipinski definition) is 0. The zero-order valence-corrected chi connectivity index (χ0v) is 55.1. The average Bonchev–Trinajstić information content (AvgIpc) is 1.81. The van der Waals surface area contributed by atoms with Crippen LogP contribution in [-0.2, 0) is 18.3 Å². The molecule has 5 heteroatoms. The third kappa shape index (κ3) is 15.3. The highest BCUT2D eigenvalue weighted by Crippen LogP contribution is 2.55. The molecule has 0 N–H and O–H groups in total. The summed E-state index contributed by atoms with van der Waals surface area (Å²) < 4.78 is 9.36. The van der Waals surface area contributed by atoms with Gasteiger partial charge in [-0.15, -0.1) is 0 Å². The maximum Gasteiger partial charge on any atom is 0.112 e. The highest BCUT2D eigenvalue weighted by Gasteiger charge is 2.42. The van der Waals surface area contributed by atoms with Crippen LogP contribution in [-0.4, -0.2) is 8.75 Å². The number of hydrogen-bond acceptors (Lipinski definition) is 5. The quantitative estimate of drug-likeness (QED) is 0.0458. The lowest BCUT2D eigenvalue weighted by Crippen LogP contribution is -2.25. The molecule has 1 heterocycles. The highest BCUT2D eigenvalue weighted by atomic mass is 32.1. The average molecular weight is 1180 g/mol. The van der Waals surface area contributed by atoms with Gasteiger partial charge in [-0.2, -0.15) is 8.75 Å². The molecular weight excluding hydrogens is 1090 g/mol. The van der Waals surface area contributed by atoms with E-state index in [1.54, 1.807) is 11.1 Å². The van der Waals surface area contributed by atoms with Crippen molar-refractivity contribution in [2.75, 3.05) is 9.80 Å². The summed E-state index contributed by atoms with van der Waals surface area (Å²) in [6, 6.07) is 72.7. The molecule has 0 saturated carbocycles. The van der Waals surface area contributed by atoms with Crippen molar-refractivity contribution in [1.82, 2.24) is 8.75 Å². The van der Waals surface area contributed by atoms with Gasteiger partial charge < -0.3 is 9.80 Å². The van der Waals surface area contributed by atoms with Gasteiger partial charge in [0.2, 0.25) is 0 Å². The lowest BCUT2D eigenvalue weighted by molar-refractivity contribution is 0.398. The predicted octanol–water partition coefficient (Wildman–Crippen LogP) is 25.3. The number of unbranched alkanes of at least 4 members (excludes halogenated alkanes) is 12. The van der Waals surface area contributed by atoms with E-state index in [2.05, 4.69) is 264 Å². The molecule has 10 aromatic rings. The zero-order chi connectivity index (χ0) is 61.2. The van der Waals surface area contributed by atoms with Gasteiger partial charge in [0.25, 0.3) is 0 Å². The molecule has 0 atom stereocenters. The first-order valence-electron chi connectivity index (χ1n) is 33.7. The molecule has 454 valence electrons. The van der Waals surface area contributed by atoms with Gasteiger partial charge in [-0.3, -0.25) is 0 Å². The minimum absolute atomic E-state index is 0.104.